The third-order valence-corrected chi connectivity index (χ3v) is 2.96. The number of carbonyl (C=O) groups is 2. The first kappa shape index (κ1) is 14.8. The van der Waals surface area contributed by atoms with Crippen LogP contribution in [0.3, 0.4) is 0 Å². The molecule has 1 atom stereocenters. The summed E-state index contributed by atoms with van der Waals surface area (Å²) in [6.45, 7) is 1.36. The second-order valence-corrected chi connectivity index (χ2v) is 4.60. The molecule has 2 N–H and O–H groups in total. The second kappa shape index (κ2) is 6.69. The van der Waals surface area contributed by atoms with Gasteiger partial charge in [-0.1, -0.05) is 30.3 Å². The van der Waals surface area contributed by atoms with Crippen molar-refractivity contribution in [2.75, 3.05) is 7.11 Å². The van der Waals surface area contributed by atoms with E-state index in [4.69, 9.17) is 0 Å². The van der Waals surface area contributed by atoms with E-state index in [2.05, 4.69) is 20.0 Å². The molecule has 0 saturated heterocycles. The second-order valence-electron chi connectivity index (χ2n) is 4.60. The quantitative estimate of drug-likeness (QED) is 0.812. The maximum absolute atomic E-state index is 11.7. The van der Waals surface area contributed by atoms with Gasteiger partial charge >= 0.3 is 5.97 Å². The van der Waals surface area contributed by atoms with Crippen LogP contribution in [0.4, 0.5) is 0 Å². The van der Waals surface area contributed by atoms with Gasteiger partial charge in [-0.05, 0) is 0 Å². The van der Waals surface area contributed by atoms with Crippen LogP contribution < -0.4 is 5.32 Å². The van der Waals surface area contributed by atoms with Crippen LogP contribution in [0.5, 0.6) is 0 Å². The summed E-state index contributed by atoms with van der Waals surface area (Å²) in [5.74, 6) is -0.0497. The normalized spacial score (nSPS) is 11.7. The molecule has 0 radical (unpaired) electrons. The van der Waals surface area contributed by atoms with Crippen LogP contribution in [-0.2, 0) is 20.7 Å². The molecule has 0 aliphatic carbocycles. The molecule has 21 heavy (non-hydrogen) atoms. The molecule has 6 nitrogen and oxygen atoms in total. The van der Waals surface area contributed by atoms with Crippen molar-refractivity contribution >= 4 is 11.9 Å². The molecule has 0 unspecified atom stereocenters. The zero-order valence-electron chi connectivity index (χ0n) is 11.9. The fourth-order valence-corrected chi connectivity index (χ4v) is 2.01. The van der Waals surface area contributed by atoms with E-state index < -0.39 is 12.0 Å². The number of imidazole rings is 1. The average molecular weight is 287 g/mol. The van der Waals surface area contributed by atoms with Gasteiger partial charge in [0.15, 0.2) is 0 Å². The number of H-pyrrole nitrogens is 1. The van der Waals surface area contributed by atoms with E-state index in [1.807, 2.05) is 30.3 Å². The zero-order valence-corrected chi connectivity index (χ0v) is 11.9. The number of hydrogen-bond donors (Lipinski definition) is 2. The molecule has 0 saturated carbocycles. The minimum atomic E-state index is -0.725. The van der Waals surface area contributed by atoms with Gasteiger partial charge in [0.1, 0.15) is 11.9 Å². The number of rotatable bonds is 5. The lowest BCUT2D eigenvalue weighted by Crippen LogP contribution is -2.42. The summed E-state index contributed by atoms with van der Waals surface area (Å²) in [4.78, 5) is 30.2. The van der Waals surface area contributed by atoms with Crippen molar-refractivity contribution in [2.24, 2.45) is 0 Å². The van der Waals surface area contributed by atoms with Gasteiger partial charge in [-0.2, -0.15) is 0 Å². The Bertz CT molecular complexity index is 622. The van der Waals surface area contributed by atoms with Gasteiger partial charge in [0.05, 0.1) is 7.11 Å². The van der Waals surface area contributed by atoms with E-state index in [-0.39, 0.29) is 5.91 Å². The number of aromatic nitrogens is 2. The van der Waals surface area contributed by atoms with Gasteiger partial charge in [-0.15, -0.1) is 0 Å². The summed E-state index contributed by atoms with van der Waals surface area (Å²) in [5.41, 5.74) is 1.70. The number of nitrogens with zero attached hydrogens (tertiary/aromatic N) is 1. The third kappa shape index (κ3) is 3.92. The molecular weight excluding hydrogens is 270 g/mol. The summed E-state index contributed by atoms with van der Waals surface area (Å²) >= 11 is 0. The number of nitrogens with one attached hydrogen (secondary N) is 2. The average Bonchev–Trinajstić information content (AvgIpc) is 2.95. The Labute approximate surface area is 122 Å². The Morgan fingerprint density at radius 1 is 1.33 bits per heavy atom. The SMILES string of the molecule is COC(=O)[C@H](Cc1cnc(-c2ccccc2)[nH]1)NC(C)=O. The van der Waals surface area contributed by atoms with E-state index in [9.17, 15) is 9.59 Å². The number of hydrogen-bond acceptors (Lipinski definition) is 4. The van der Waals surface area contributed by atoms with Crippen LogP contribution in [0.1, 0.15) is 12.6 Å². The molecule has 0 aliphatic rings. The summed E-state index contributed by atoms with van der Waals surface area (Å²) < 4.78 is 4.69. The fourth-order valence-electron chi connectivity index (χ4n) is 2.01. The molecule has 6 heteroatoms. The first-order chi connectivity index (χ1) is 10.1. The van der Waals surface area contributed by atoms with Gasteiger partial charge in [0.25, 0.3) is 0 Å². The minimum absolute atomic E-state index is 0.284. The number of benzene rings is 1. The Kier molecular flexibility index (Phi) is 4.71. The largest absolute Gasteiger partial charge is 0.467 e. The van der Waals surface area contributed by atoms with E-state index >= 15 is 0 Å². The number of aromatic amines is 1. The number of ether oxygens (including phenoxy) is 1. The molecule has 0 bridgehead atoms. The Morgan fingerprint density at radius 2 is 2.05 bits per heavy atom. The van der Waals surface area contributed by atoms with E-state index in [0.717, 1.165) is 17.1 Å². The van der Waals surface area contributed by atoms with Crippen LogP contribution in [0.2, 0.25) is 0 Å². The zero-order chi connectivity index (χ0) is 15.2. The van der Waals surface area contributed by atoms with Gasteiger partial charge in [-0.3, -0.25) is 4.79 Å². The predicted octanol–water partition coefficient (Wildman–Crippen LogP) is 1.30. The van der Waals surface area contributed by atoms with Gasteiger partial charge in [-0.25, -0.2) is 9.78 Å². The van der Waals surface area contributed by atoms with Crippen LogP contribution in [-0.4, -0.2) is 35.0 Å². The molecule has 1 aromatic heterocycles. The van der Waals surface area contributed by atoms with Crippen molar-refractivity contribution in [3.63, 3.8) is 0 Å². The van der Waals surface area contributed by atoms with Gasteiger partial charge in [0, 0.05) is 30.8 Å². The molecule has 110 valence electrons. The first-order valence-corrected chi connectivity index (χ1v) is 6.54. The van der Waals surface area contributed by atoms with E-state index in [0.29, 0.717) is 6.42 Å². The summed E-state index contributed by atoms with van der Waals surface area (Å²) in [6, 6.07) is 8.93. The molecule has 2 aromatic rings. The number of methoxy groups -OCH3 is 1. The summed E-state index contributed by atoms with van der Waals surface area (Å²) in [7, 11) is 1.29. The number of carbonyl (C=O) groups excluding carboxylic acids is 2. The Morgan fingerprint density at radius 3 is 2.67 bits per heavy atom. The lowest BCUT2D eigenvalue weighted by molar-refractivity contribution is -0.144. The van der Waals surface area contributed by atoms with Crippen molar-refractivity contribution in [3.8, 4) is 11.4 Å². The Hall–Kier alpha value is -2.63. The lowest BCUT2D eigenvalue weighted by Gasteiger charge is -2.14. The first-order valence-electron chi connectivity index (χ1n) is 6.54. The highest BCUT2D eigenvalue weighted by Gasteiger charge is 2.21. The van der Waals surface area contributed by atoms with Gasteiger partial charge in [0.2, 0.25) is 5.91 Å². The smallest absolute Gasteiger partial charge is 0.328 e. The molecule has 1 aromatic carbocycles. The molecule has 2 rings (SSSR count). The lowest BCUT2D eigenvalue weighted by atomic mass is 10.1. The summed E-state index contributed by atoms with van der Waals surface area (Å²) in [6.07, 6.45) is 1.95. The number of esters is 1. The molecule has 0 aliphatic heterocycles. The minimum Gasteiger partial charge on any atom is -0.467 e. The highest BCUT2D eigenvalue weighted by atomic mass is 16.5. The van der Waals surface area contributed by atoms with Crippen LogP contribution in [0.15, 0.2) is 36.5 Å². The highest BCUT2D eigenvalue weighted by Crippen LogP contribution is 2.15. The topological polar surface area (TPSA) is 84.1 Å². The Balaban J connectivity index is 2.13. The fraction of sp³-hybridized carbons (Fsp3) is 0.267. The van der Waals surface area contributed by atoms with Crippen LogP contribution in [0, 0.1) is 0 Å². The van der Waals surface area contributed by atoms with E-state index in [1.54, 1.807) is 6.20 Å². The van der Waals surface area contributed by atoms with Crippen molar-refractivity contribution in [1.29, 1.82) is 0 Å². The molecule has 1 heterocycles. The third-order valence-electron chi connectivity index (χ3n) is 2.96. The van der Waals surface area contributed by atoms with Crippen LogP contribution in [0.25, 0.3) is 11.4 Å². The summed E-state index contributed by atoms with van der Waals surface area (Å²) in [5, 5.41) is 2.57. The molecule has 0 fully saturated rings. The molecule has 1 amide bonds. The maximum atomic E-state index is 11.7. The molecular formula is C15H17N3O3. The van der Waals surface area contributed by atoms with Crippen molar-refractivity contribution < 1.29 is 14.3 Å². The van der Waals surface area contributed by atoms with Crippen molar-refractivity contribution in [3.05, 3.63) is 42.2 Å². The van der Waals surface area contributed by atoms with Gasteiger partial charge < -0.3 is 15.0 Å². The maximum Gasteiger partial charge on any atom is 0.328 e. The molecule has 0 spiro atoms. The van der Waals surface area contributed by atoms with Crippen molar-refractivity contribution in [1.82, 2.24) is 15.3 Å². The highest BCUT2D eigenvalue weighted by molar-refractivity contribution is 5.83. The monoisotopic (exact) mass is 287 g/mol. The standard InChI is InChI=1S/C15H17N3O3/c1-10(19)17-13(15(20)21-2)8-12-9-16-14(18-12)11-6-4-3-5-7-11/h3-7,9,13H,8H2,1-2H3,(H,16,18)(H,17,19)/t13-/m0/s1. The predicted molar refractivity (Wildman–Crippen MR) is 77.3 cm³/mol. The number of amides is 1. The van der Waals surface area contributed by atoms with Crippen LogP contribution >= 0.6 is 0 Å². The van der Waals surface area contributed by atoms with E-state index in [1.165, 1.54) is 14.0 Å². The van der Waals surface area contributed by atoms with Crippen molar-refractivity contribution in [2.45, 2.75) is 19.4 Å².